The third-order valence-corrected chi connectivity index (χ3v) is 3.49. The SMILES string of the molecule is O=C(O)/C(=C/c1ccccc1F)O[C@H]1O[C@@H](CO)[C@@H](O)[C@@H](O)[C@@H]1O. The summed E-state index contributed by atoms with van der Waals surface area (Å²) >= 11 is 0. The Morgan fingerprint density at radius 2 is 1.88 bits per heavy atom. The van der Waals surface area contributed by atoms with Gasteiger partial charge in [0.15, 0.2) is 0 Å². The summed E-state index contributed by atoms with van der Waals surface area (Å²) in [7, 11) is 0. The van der Waals surface area contributed by atoms with E-state index in [-0.39, 0.29) is 5.56 Å². The second-order valence-corrected chi connectivity index (χ2v) is 5.15. The van der Waals surface area contributed by atoms with E-state index in [1.807, 2.05) is 0 Å². The second kappa shape index (κ2) is 7.69. The number of carboxylic acid groups (broad SMARTS) is 1. The summed E-state index contributed by atoms with van der Waals surface area (Å²) in [5.74, 6) is -2.99. The molecule has 1 aliphatic heterocycles. The number of benzene rings is 1. The van der Waals surface area contributed by atoms with Gasteiger partial charge in [0.25, 0.3) is 0 Å². The lowest BCUT2D eigenvalue weighted by atomic mass is 9.99. The van der Waals surface area contributed by atoms with Crippen LogP contribution in [0.2, 0.25) is 0 Å². The van der Waals surface area contributed by atoms with Gasteiger partial charge in [0.2, 0.25) is 12.0 Å². The molecule has 0 aromatic heterocycles. The molecule has 1 aromatic rings. The Morgan fingerprint density at radius 1 is 1.21 bits per heavy atom. The summed E-state index contributed by atoms with van der Waals surface area (Å²) in [6, 6.07) is 5.35. The molecule has 0 amide bonds. The highest BCUT2D eigenvalue weighted by atomic mass is 19.1. The lowest BCUT2D eigenvalue weighted by Gasteiger charge is -2.39. The topological polar surface area (TPSA) is 137 Å². The van der Waals surface area contributed by atoms with Gasteiger partial charge in [-0.3, -0.25) is 0 Å². The number of aliphatic hydroxyl groups excluding tert-OH is 4. The molecule has 1 heterocycles. The summed E-state index contributed by atoms with van der Waals surface area (Å²) in [6.07, 6.45) is -7.13. The summed E-state index contributed by atoms with van der Waals surface area (Å²) < 4.78 is 23.7. The van der Waals surface area contributed by atoms with E-state index in [0.717, 1.165) is 12.1 Å². The van der Waals surface area contributed by atoms with Gasteiger partial charge in [0.1, 0.15) is 30.2 Å². The minimum absolute atomic E-state index is 0.0699. The Hall–Kier alpha value is -2.04. The molecule has 1 saturated heterocycles. The Labute approximate surface area is 136 Å². The Bertz CT molecular complexity index is 617. The van der Waals surface area contributed by atoms with Crippen molar-refractivity contribution in [1.82, 2.24) is 0 Å². The number of ether oxygens (including phenoxy) is 2. The van der Waals surface area contributed by atoms with Crippen LogP contribution in [-0.2, 0) is 14.3 Å². The molecule has 0 bridgehead atoms. The van der Waals surface area contributed by atoms with Gasteiger partial charge in [-0.25, -0.2) is 9.18 Å². The number of hydrogen-bond donors (Lipinski definition) is 5. The van der Waals surface area contributed by atoms with Crippen LogP contribution in [0.3, 0.4) is 0 Å². The first kappa shape index (κ1) is 18.3. The van der Waals surface area contributed by atoms with Crippen LogP contribution in [0.4, 0.5) is 4.39 Å². The third kappa shape index (κ3) is 3.89. The fourth-order valence-corrected chi connectivity index (χ4v) is 2.17. The van der Waals surface area contributed by atoms with E-state index < -0.39 is 54.9 Å². The normalized spacial score (nSPS) is 30.9. The first-order valence-corrected chi connectivity index (χ1v) is 7.02. The van der Waals surface area contributed by atoms with Crippen LogP contribution in [0, 0.1) is 5.82 Å². The maximum absolute atomic E-state index is 13.6. The highest BCUT2D eigenvalue weighted by Crippen LogP contribution is 2.24. The zero-order valence-electron chi connectivity index (χ0n) is 12.3. The van der Waals surface area contributed by atoms with Crippen molar-refractivity contribution < 1.29 is 44.2 Å². The molecule has 0 unspecified atom stereocenters. The van der Waals surface area contributed by atoms with Gasteiger partial charge in [0.05, 0.1) is 6.61 Å². The first-order chi connectivity index (χ1) is 11.3. The Balaban J connectivity index is 2.24. The number of aliphatic hydroxyl groups is 4. The van der Waals surface area contributed by atoms with Crippen LogP contribution in [0.15, 0.2) is 30.0 Å². The van der Waals surface area contributed by atoms with E-state index in [1.54, 1.807) is 0 Å². The van der Waals surface area contributed by atoms with E-state index in [4.69, 9.17) is 19.7 Å². The molecule has 0 radical (unpaired) electrons. The number of halogens is 1. The van der Waals surface area contributed by atoms with Crippen LogP contribution in [0.5, 0.6) is 0 Å². The molecule has 0 aliphatic carbocycles. The van der Waals surface area contributed by atoms with Crippen LogP contribution in [0.25, 0.3) is 6.08 Å². The largest absolute Gasteiger partial charge is 0.475 e. The van der Waals surface area contributed by atoms with Crippen molar-refractivity contribution in [2.45, 2.75) is 30.7 Å². The molecular weight excluding hydrogens is 327 g/mol. The fourth-order valence-electron chi connectivity index (χ4n) is 2.17. The molecule has 0 spiro atoms. The van der Waals surface area contributed by atoms with E-state index in [9.17, 15) is 24.5 Å². The number of rotatable bonds is 5. The zero-order valence-corrected chi connectivity index (χ0v) is 12.3. The molecule has 1 aromatic carbocycles. The fraction of sp³-hybridized carbons (Fsp3) is 0.400. The standard InChI is InChI=1S/C15H17FO8/c16-8-4-2-1-3-7(8)5-9(14(21)22)23-15-13(20)12(19)11(18)10(6-17)24-15/h1-5,10-13,15,17-20H,6H2,(H,21,22)/b9-5-/t10-,11+,12+,13-,15-/m0/s1. The lowest BCUT2D eigenvalue weighted by molar-refractivity contribution is -0.291. The molecule has 9 heteroatoms. The van der Waals surface area contributed by atoms with Gasteiger partial charge in [-0.1, -0.05) is 18.2 Å². The minimum Gasteiger partial charge on any atom is -0.475 e. The Kier molecular flexibility index (Phi) is 5.86. The van der Waals surface area contributed by atoms with Crippen molar-refractivity contribution in [3.8, 4) is 0 Å². The molecule has 8 nitrogen and oxygen atoms in total. The number of carboxylic acids is 1. The van der Waals surface area contributed by atoms with Gasteiger partial charge >= 0.3 is 5.97 Å². The zero-order chi connectivity index (χ0) is 17.9. The molecular formula is C15H17FO8. The smallest absolute Gasteiger partial charge is 0.371 e. The third-order valence-electron chi connectivity index (χ3n) is 3.49. The monoisotopic (exact) mass is 344 g/mol. The Morgan fingerprint density at radius 3 is 2.46 bits per heavy atom. The van der Waals surface area contributed by atoms with Gasteiger partial charge < -0.3 is 35.0 Å². The molecule has 2 rings (SSSR count). The van der Waals surface area contributed by atoms with Crippen LogP contribution in [0.1, 0.15) is 5.56 Å². The lowest BCUT2D eigenvalue weighted by Crippen LogP contribution is -2.59. The van der Waals surface area contributed by atoms with E-state index in [2.05, 4.69) is 0 Å². The van der Waals surface area contributed by atoms with Crippen molar-refractivity contribution in [2.24, 2.45) is 0 Å². The first-order valence-electron chi connectivity index (χ1n) is 7.02. The van der Waals surface area contributed by atoms with Crippen molar-refractivity contribution in [3.05, 3.63) is 41.4 Å². The van der Waals surface area contributed by atoms with E-state index >= 15 is 0 Å². The maximum atomic E-state index is 13.6. The average molecular weight is 344 g/mol. The van der Waals surface area contributed by atoms with Gasteiger partial charge in [0, 0.05) is 5.56 Å². The van der Waals surface area contributed by atoms with E-state index in [0.29, 0.717) is 0 Å². The second-order valence-electron chi connectivity index (χ2n) is 5.15. The molecule has 0 saturated carbocycles. The molecule has 5 atom stereocenters. The number of hydrogen-bond acceptors (Lipinski definition) is 7. The highest BCUT2D eigenvalue weighted by Gasteiger charge is 2.45. The van der Waals surface area contributed by atoms with Gasteiger partial charge in [-0.2, -0.15) is 0 Å². The van der Waals surface area contributed by atoms with Crippen LogP contribution >= 0.6 is 0 Å². The summed E-state index contributed by atoms with van der Waals surface area (Å²) in [5.41, 5.74) is -0.0699. The van der Waals surface area contributed by atoms with Gasteiger partial charge in [-0.15, -0.1) is 0 Å². The summed E-state index contributed by atoms with van der Waals surface area (Å²) in [5, 5.41) is 47.4. The van der Waals surface area contributed by atoms with E-state index in [1.165, 1.54) is 18.2 Å². The van der Waals surface area contributed by atoms with Crippen LogP contribution < -0.4 is 0 Å². The van der Waals surface area contributed by atoms with Crippen molar-refractivity contribution >= 4 is 12.0 Å². The number of carbonyl (C=O) groups is 1. The predicted octanol–water partition coefficient (Wildman–Crippen LogP) is -0.932. The summed E-state index contributed by atoms with van der Waals surface area (Å²) in [6.45, 7) is -0.690. The average Bonchev–Trinajstić information content (AvgIpc) is 2.56. The van der Waals surface area contributed by atoms with Crippen molar-refractivity contribution in [1.29, 1.82) is 0 Å². The minimum atomic E-state index is -1.77. The molecule has 132 valence electrons. The highest BCUT2D eigenvalue weighted by molar-refractivity contribution is 5.89. The predicted molar refractivity (Wildman–Crippen MR) is 76.9 cm³/mol. The summed E-state index contributed by atoms with van der Waals surface area (Å²) in [4.78, 5) is 11.3. The molecule has 1 fully saturated rings. The molecule has 24 heavy (non-hydrogen) atoms. The number of aliphatic carboxylic acids is 1. The van der Waals surface area contributed by atoms with Crippen molar-refractivity contribution in [3.63, 3.8) is 0 Å². The molecule has 5 N–H and O–H groups in total. The maximum Gasteiger partial charge on any atom is 0.371 e. The van der Waals surface area contributed by atoms with Gasteiger partial charge in [-0.05, 0) is 12.1 Å². The van der Waals surface area contributed by atoms with Crippen LogP contribution in [-0.4, -0.2) is 68.8 Å². The molecule has 1 aliphatic rings. The van der Waals surface area contributed by atoms with Crippen molar-refractivity contribution in [2.75, 3.05) is 6.61 Å². The quantitative estimate of drug-likeness (QED) is 0.341.